The van der Waals surface area contributed by atoms with Crippen LogP contribution in [0.3, 0.4) is 0 Å². The van der Waals surface area contributed by atoms with Gasteiger partial charge in [-0.05, 0) is 36.8 Å². The highest BCUT2D eigenvalue weighted by Gasteiger charge is 2.29. The van der Waals surface area contributed by atoms with E-state index < -0.39 is 9.84 Å². The summed E-state index contributed by atoms with van der Waals surface area (Å²) in [5, 5.41) is 7.13. The van der Waals surface area contributed by atoms with Crippen molar-refractivity contribution in [2.24, 2.45) is 7.05 Å². The molecule has 1 aromatic carbocycles. The highest BCUT2D eigenvalue weighted by Crippen LogP contribution is 2.22. The number of carbonyl (C=O) groups excluding carboxylic acids is 1. The molecular weight excluding hydrogens is 330 g/mol. The van der Waals surface area contributed by atoms with Gasteiger partial charge in [-0.15, -0.1) is 0 Å². The van der Waals surface area contributed by atoms with Gasteiger partial charge in [0.05, 0.1) is 24.3 Å². The van der Waals surface area contributed by atoms with E-state index in [1.54, 1.807) is 20.2 Å². The maximum absolute atomic E-state index is 12.4. The lowest BCUT2D eigenvalue weighted by Crippen LogP contribution is -2.36. The van der Waals surface area contributed by atoms with Gasteiger partial charge in [-0.1, -0.05) is 0 Å². The van der Waals surface area contributed by atoms with E-state index in [9.17, 15) is 13.2 Å². The van der Waals surface area contributed by atoms with E-state index in [1.165, 1.54) is 4.68 Å². The monoisotopic (exact) mass is 349 g/mol. The molecule has 1 aliphatic rings. The number of ether oxygens (including phenoxy) is 1. The van der Waals surface area contributed by atoms with E-state index in [0.29, 0.717) is 17.8 Å². The summed E-state index contributed by atoms with van der Waals surface area (Å²) in [6, 6.07) is 8.75. The number of carbonyl (C=O) groups is 1. The van der Waals surface area contributed by atoms with Gasteiger partial charge in [-0.2, -0.15) is 5.10 Å². The van der Waals surface area contributed by atoms with Crippen molar-refractivity contribution >= 4 is 15.7 Å². The van der Waals surface area contributed by atoms with E-state index in [0.717, 1.165) is 11.3 Å². The standard InChI is InChI=1S/C16H19N3O4S/c1-19-15(16(20)17-12-7-8-24(21,22)10-12)9-14(18-19)11-3-5-13(23-2)6-4-11/h3-6,9,12H,7-8,10H2,1-2H3,(H,17,20). The molecule has 0 bridgehead atoms. The number of benzene rings is 1. The number of hydrogen-bond acceptors (Lipinski definition) is 5. The zero-order valence-corrected chi connectivity index (χ0v) is 14.3. The Morgan fingerprint density at radius 2 is 2.04 bits per heavy atom. The van der Waals surface area contributed by atoms with Gasteiger partial charge in [0.25, 0.3) is 5.91 Å². The molecule has 2 heterocycles. The third-order valence-electron chi connectivity index (χ3n) is 4.07. The van der Waals surface area contributed by atoms with Crippen LogP contribution in [-0.2, 0) is 16.9 Å². The average molecular weight is 349 g/mol. The number of aryl methyl sites for hydroxylation is 1. The minimum Gasteiger partial charge on any atom is -0.497 e. The van der Waals surface area contributed by atoms with E-state index in [-0.39, 0.29) is 23.5 Å². The number of sulfone groups is 1. The van der Waals surface area contributed by atoms with Gasteiger partial charge in [0.2, 0.25) is 0 Å². The Morgan fingerprint density at radius 3 is 2.62 bits per heavy atom. The lowest BCUT2D eigenvalue weighted by atomic mass is 10.1. The Kier molecular flexibility index (Phi) is 4.31. The molecule has 1 N–H and O–H groups in total. The fourth-order valence-electron chi connectivity index (χ4n) is 2.75. The first kappa shape index (κ1) is 16.5. The van der Waals surface area contributed by atoms with Crippen molar-refractivity contribution in [3.8, 4) is 17.0 Å². The largest absolute Gasteiger partial charge is 0.497 e. The van der Waals surface area contributed by atoms with Gasteiger partial charge in [-0.25, -0.2) is 8.42 Å². The van der Waals surface area contributed by atoms with Gasteiger partial charge in [0.15, 0.2) is 9.84 Å². The van der Waals surface area contributed by atoms with E-state index >= 15 is 0 Å². The smallest absolute Gasteiger partial charge is 0.269 e. The first-order valence-electron chi connectivity index (χ1n) is 7.58. The molecule has 7 nitrogen and oxygen atoms in total. The molecule has 0 radical (unpaired) electrons. The zero-order chi connectivity index (χ0) is 17.3. The Balaban J connectivity index is 1.77. The summed E-state index contributed by atoms with van der Waals surface area (Å²) in [7, 11) is 0.260. The first-order chi connectivity index (χ1) is 11.4. The predicted octanol–water partition coefficient (Wildman–Crippen LogP) is 1.01. The number of methoxy groups -OCH3 is 1. The van der Waals surface area contributed by atoms with Crippen molar-refractivity contribution in [1.29, 1.82) is 0 Å². The molecule has 1 atom stereocenters. The van der Waals surface area contributed by atoms with Crippen LogP contribution in [-0.4, -0.2) is 48.8 Å². The van der Waals surface area contributed by atoms with Crippen LogP contribution in [0.2, 0.25) is 0 Å². The molecule has 1 amide bonds. The molecule has 0 spiro atoms. The molecule has 0 aliphatic carbocycles. The molecule has 1 saturated heterocycles. The summed E-state index contributed by atoms with van der Waals surface area (Å²) in [6.45, 7) is 0. The normalized spacial score (nSPS) is 19.2. The minimum atomic E-state index is -3.03. The fourth-order valence-corrected chi connectivity index (χ4v) is 4.42. The third-order valence-corrected chi connectivity index (χ3v) is 5.83. The van der Waals surface area contributed by atoms with Gasteiger partial charge in [-0.3, -0.25) is 9.48 Å². The molecule has 2 aromatic rings. The molecule has 24 heavy (non-hydrogen) atoms. The fraction of sp³-hybridized carbons (Fsp3) is 0.375. The van der Waals surface area contributed by atoms with Gasteiger partial charge in [0.1, 0.15) is 11.4 Å². The van der Waals surface area contributed by atoms with Crippen molar-refractivity contribution in [3.63, 3.8) is 0 Å². The van der Waals surface area contributed by atoms with E-state index in [2.05, 4.69) is 10.4 Å². The average Bonchev–Trinajstić information content (AvgIpc) is 3.10. The van der Waals surface area contributed by atoms with Crippen LogP contribution in [0.4, 0.5) is 0 Å². The van der Waals surface area contributed by atoms with Crippen molar-refractivity contribution in [2.45, 2.75) is 12.5 Å². The summed E-state index contributed by atoms with van der Waals surface area (Å²) in [4.78, 5) is 12.4. The minimum absolute atomic E-state index is 0.00191. The van der Waals surface area contributed by atoms with Crippen LogP contribution in [0, 0.1) is 0 Å². The van der Waals surface area contributed by atoms with E-state index in [1.807, 2.05) is 24.3 Å². The topological polar surface area (TPSA) is 90.3 Å². The van der Waals surface area contributed by atoms with Crippen molar-refractivity contribution < 1.29 is 17.9 Å². The molecule has 1 aliphatic heterocycles. The quantitative estimate of drug-likeness (QED) is 0.890. The summed E-state index contributed by atoms with van der Waals surface area (Å²) >= 11 is 0. The van der Waals surface area contributed by atoms with Crippen LogP contribution in [0.25, 0.3) is 11.3 Å². The summed E-state index contributed by atoms with van der Waals surface area (Å²) in [5.74, 6) is 0.560. The SMILES string of the molecule is COc1ccc(-c2cc(C(=O)NC3CCS(=O)(=O)C3)n(C)n2)cc1. The predicted molar refractivity (Wildman–Crippen MR) is 89.7 cm³/mol. The molecule has 3 rings (SSSR count). The number of amides is 1. The Hall–Kier alpha value is -2.35. The lowest BCUT2D eigenvalue weighted by molar-refractivity contribution is 0.0931. The summed E-state index contributed by atoms with van der Waals surface area (Å²) < 4.78 is 29.6. The van der Waals surface area contributed by atoms with Gasteiger partial charge in [0, 0.05) is 18.7 Å². The third kappa shape index (κ3) is 3.43. The van der Waals surface area contributed by atoms with Crippen molar-refractivity contribution in [3.05, 3.63) is 36.0 Å². The zero-order valence-electron chi connectivity index (χ0n) is 13.5. The Bertz CT molecular complexity index is 856. The number of rotatable bonds is 4. The van der Waals surface area contributed by atoms with Crippen LogP contribution >= 0.6 is 0 Å². The Morgan fingerprint density at radius 1 is 1.33 bits per heavy atom. The molecule has 1 fully saturated rings. The van der Waals surface area contributed by atoms with Gasteiger partial charge >= 0.3 is 0 Å². The maximum Gasteiger partial charge on any atom is 0.269 e. The highest BCUT2D eigenvalue weighted by molar-refractivity contribution is 7.91. The second-order valence-electron chi connectivity index (χ2n) is 5.84. The molecule has 1 unspecified atom stereocenters. The molecule has 0 saturated carbocycles. The van der Waals surface area contributed by atoms with Crippen LogP contribution in [0.1, 0.15) is 16.9 Å². The molecule has 128 valence electrons. The second kappa shape index (κ2) is 6.27. The van der Waals surface area contributed by atoms with E-state index in [4.69, 9.17) is 4.74 Å². The highest BCUT2D eigenvalue weighted by atomic mass is 32.2. The number of aromatic nitrogens is 2. The Labute approximate surface area is 140 Å². The van der Waals surface area contributed by atoms with Crippen LogP contribution < -0.4 is 10.1 Å². The molecule has 1 aromatic heterocycles. The van der Waals surface area contributed by atoms with Crippen LogP contribution in [0.5, 0.6) is 5.75 Å². The number of nitrogens with zero attached hydrogens (tertiary/aromatic N) is 2. The lowest BCUT2D eigenvalue weighted by Gasteiger charge is -2.10. The molecular formula is C16H19N3O4S. The number of hydrogen-bond donors (Lipinski definition) is 1. The van der Waals surface area contributed by atoms with Crippen molar-refractivity contribution in [2.75, 3.05) is 18.6 Å². The van der Waals surface area contributed by atoms with Gasteiger partial charge < -0.3 is 10.1 Å². The summed E-state index contributed by atoms with van der Waals surface area (Å²) in [6.07, 6.45) is 0.456. The number of nitrogens with one attached hydrogen (secondary N) is 1. The second-order valence-corrected chi connectivity index (χ2v) is 8.07. The maximum atomic E-state index is 12.4. The van der Waals surface area contributed by atoms with Crippen molar-refractivity contribution in [1.82, 2.24) is 15.1 Å². The first-order valence-corrected chi connectivity index (χ1v) is 9.40. The molecule has 8 heteroatoms. The summed E-state index contributed by atoms with van der Waals surface area (Å²) in [5.41, 5.74) is 1.93. The van der Waals surface area contributed by atoms with Crippen LogP contribution in [0.15, 0.2) is 30.3 Å².